The number of rotatable bonds is 6. The Morgan fingerprint density at radius 2 is 1.26 bits per heavy atom. The van der Waals surface area contributed by atoms with Gasteiger partial charge in [0, 0.05) is 30.8 Å². The van der Waals surface area contributed by atoms with Crippen LogP contribution in [0, 0.1) is 5.92 Å². The Kier molecular flexibility index (Phi) is 5.91. The molecule has 31 heavy (non-hydrogen) atoms. The van der Waals surface area contributed by atoms with Crippen LogP contribution in [0.2, 0.25) is 0 Å². The molecule has 3 aromatic carbocycles. The summed E-state index contributed by atoms with van der Waals surface area (Å²) in [5, 5.41) is 3.76. The Morgan fingerprint density at radius 3 is 1.84 bits per heavy atom. The first-order chi connectivity index (χ1) is 15.3. The van der Waals surface area contributed by atoms with Crippen LogP contribution in [-0.2, 0) is 21.4 Å². The highest BCUT2D eigenvalue weighted by atomic mass is 16.7. The second-order valence-electron chi connectivity index (χ2n) is 8.73. The topological polar surface area (TPSA) is 30.5 Å². The fraction of sp³-hybridized carbons (Fsp3) is 0.357. The number of hydrogen-bond acceptors (Lipinski definition) is 3. The van der Waals surface area contributed by atoms with Gasteiger partial charge in [-0.3, -0.25) is 0 Å². The van der Waals surface area contributed by atoms with Crippen LogP contribution >= 0.6 is 0 Å². The van der Waals surface area contributed by atoms with Gasteiger partial charge in [0.05, 0.1) is 13.2 Å². The molecule has 3 heteroatoms. The van der Waals surface area contributed by atoms with Crippen LogP contribution in [0.4, 0.5) is 0 Å². The third kappa shape index (κ3) is 3.82. The first-order valence-electron chi connectivity index (χ1n) is 11.5. The zero-order valence-electron chi connectivity index (χ0n) is 18.0. The molecule has 0 radical (unpaired) electrons. The molecule has 2 aliphatic rings. The Labute approximate surface area is 185 Å². The van der Waals surface area contributed by atoms with Crippen molar-refractivity contribution in [3.05, 3.63) is 108 Å². The van der Waals surface area contributed by atoms with Gasteiger partial charge in [0.25, 0.3) is 0 Å². The van der Waals surface area contributed by atoms with Gasteiger partial charge in [0.1, 0.15) is 0 Å². The van der Waals surface area contributed by atoms with Crippen LogP contribution in [0.15, 0.2) is 91.0 Å². The van der Waals surface area contributed by atoms with Gasteiger partial charge in [-0.2, -0.15) is 0 Å². The van der Waals surface area contributed by atoms with E-state index in [0.29, 0.717) is 13.2 Å². The van der Waals surface area contributed by atoms with E-state index in [-0.39, 0.29) is 11.3 Å². The van der Waals surface area contributed by atoms with Crippen LogP contribution in [0.3, 0.4) is 0 Å². The van der Waals surface area contributed by atoms with Crippen molar-refractivity contribution in [1.29, 1.82) is 0 Å². The molecule has 1 atom stereocenters. The molecule has 5 rings (SSSR count). The summed E-state index contributed by atoms with van der Waals surface area (Å²) in [6, 6.07) is 32.6. The van der Waals surface area contributed by atoms with Gasteiger partial charge < -0.3 is 14.8 Å². The minimum Gasteiger partial charge on any atom is -0.347 e. The number of benzene rings is 3. The zero-order valence-corrected chi connectivity index (χ0v) is 18.0. The van der Waals surface area contributed by atoms with Crippen molar-refractivity contribution in [2.24, 2.45) is 5.92 Å². The van der Waals surface area contributed by atoms with Crippen LogP contribution in [0.25, 0.3) is 0 Å². The monoisotopic (exact) mass is 413 g/mol. The van der Waals surface area contributed by atoms with Crippen molar-refractivity contribution in [2.75, 3.05) is 19.8 Å². The van der Waals surface area contributed by atoms with E-state index in [1.165, 1.54) is 16.7 Å². The summed E-state index contributed by atoms with van der Waals surface area (Å²) >= 11 is 0. The van der Waals surface area contributed by atoms with Crippen LogP contribution in [0.5, 0.6) is 0 Å². The van der Waals surface area contributed by atoms with Gasteiger partial charge in [0.2, 0.25) is 0 Å². The van der Waals surface area contributed by atoms with Gasteiger partial charge in [-0.15, -0.1) is 0 Å². The molecule has 1 saturated carbocycles. The average Bonchev–Trinajstić information content (AvgIpc) is 3.31. The van der Waals surface area contributed by atoms with Crippen molar-refractivity contribution in [2.45, 2.75) is 37.0 Å². The maximum atomic E-state index is 6.43. The third-order valence-electron chi connectivity index (χ3n) is 7.10. The van der Waals surface area contributed by atoms with Gasteiger partial charge in [-0.25, -0.2) is 0 Å². The van der Waals surface area contributed by atoms with Gasteiger partial charge in [-0.05, 0) is 29.5 Å². The van der Waals surface area contributed by atoms with Crippen LogP contribution < -0.4 is 5.32 Å². The van der Waals surface area contributed by atoms with Crippen molar-refractivity contribution >= 4 is 0 Å². The largest absolute Gasteiger partial charge is 0.347 e. The quantitative estimate of drug-likeness (QED) is 0.594. The molecule has 3 aromatic rings. The third-order valence-corrected chi connectivity index (χ3v) is 7.10. The predicted octanol–water partition coefficient (Wildman–Crippen LogP) is 5.31. The SMILES string of the molecule is c1ccc(CNCC2C3(CCCC2(c2ccccc2)c2ccccc2)OCCO3)cc1. The molecule has 1 aliphatic heterocycles. The van der Waals surface area contributed by atoms with E-state index < -0.39 is 5.79 Å². The molecule has 1 saturated heterocycles. The van der Waals surface area contributed by atoms with E-state index in [9.17, 15) is 0 Å². The van der Waals surface area contributed by atoms with Crippen LogP contribution in [-0.4, -0.2) is 25.5 Å². The summed E-state index contributed by atoms with van der Waals surface area (Å²) in [7, 11) is 0. The standard InChI is InChI=1S/C28H31NO2/c1-4-11-23(12-5-1)21-29-22-26-27(24-13-6-2-7-14-24,25-15-8-3-9-16-25)17-10-18-28(26)30-19-20-31-28/h1-9,11-16,26,29H,10,17-22H2. The summed E-state index contributed by atoms with van der Waals surface area (Å²) in [5.41, 5.74) is 3.84. The maximum Gasteiger partial charge on any atom is 0.173 e. The number of hydrogen-bond donors (Lipinski definition) is 1. The lowest BCUT2D eigenvalue weighted by Gasteiger charge is -2.53. The molecule has 1 unspecified atom stereocenters. The Hall–Kier alpha value is -2.46. The average molecular weight is 414 g/mol. The summed E-state index contributed by atoms with van der Waals surface area (Å²) in [6.07, 6.45) is 3.12. The molecule has 0 amide bonds. The molecule has 160 valence electrons. The summed E-state index contributed by atoms with van der Waals surface area (Å²) < 4.78 is 12.9. The highest BCUT2D eigenvalue weighted by Gasteiger charge is 2.58. The molecule has 3 nitrogen and oxygen atoms in total. The first kappa shape index (κ1) is 20.4. The summed E-state index contributed by atoms with van der Waals surface area (Å²) in [5.74, 6) is -0.363. The molecule has 1 spiro atoms. The Bertz CT molecular complexity index is 913. The van der Waals surface area contributed by atoms with E-state index in [0.717, 1.165) is 32.4 Å². The predicted molar refractivity (Wildman–Crippen MR) is 124 cm³/mol. The fourth-order valence-electron chi connectivity index (χ4n) is 5.77. The van der Waals surface area contributed by atoms with Crippen molar-refractivity contribution in [3.8, 4) is 0 Å². The second-order valence-corrected chi connectivity index (χ2v) is 8.73. The molecule has 1 aliphatic carbocycles. The molecule has 2 fully saturated rings. The van der Waals surface area contributed by atoms with E-state index in [4.69, 9.17) is 9.47 Å². The van der Waals surface area contributed by atoms with Gasteiger partial charge in [-0.1, -0.05) is 91.0 Å². The first-order valence-corrected chi connectivity index (χ1v) is 11.5. The minimum atomic E-state index is -0.534. The lowest BCUT2D eigenvalue weighted by molar-refractivity contribution is -0.226. The summed E-state index contributed by atoms with van der Waals surface area (Å²) in [6.45, 7) is 3.02. The highest BCUT2D eigenvalue weighted by Crippen LogP contribution is 2.54. The highest BCUT2D eigenvalue weighted by molar-refractivity contribution is 5.42. The zero-order chi connectivity index (χ0) is 21.0. The van der Waals surface area contributed by atoms with Gasteiger partial charge >= 0.3 is 0 Å². The van der Waals surface area contributed by atoms with E-state index >= 15 is 0 Å². The maximum absolute atomic E-state index is 6.43. The number of ether oxygens (including phenoxy) is 2. The summed E-state index contributed by atoms with van der Waals surface area (Å²) in [4.78, 5) is 0. The number of nitrogens with one attached hydrogen (secondary N) is 1. The minimum absolute atomic E-state index is 0.158. The van der Waals surface area contributed by atoms with E-state index in [2.05, 4.69) is 96.3 Å². The van der Waals surface area contributed by atoms with E-state index in [1.54, 1.807) is 0 Å². The molecular formula is C28H31NO2. The second kappa shape index (κ2) is 8.96. The van der Waals surface area contributed by atoms with E-state index in [1.807, 2.05) is 0 Å². The Morgan fingerprint density at radius 1 is 0.710 bits per heavy atom. The molecule has 1 heterocycles. The van der Waals surface area contributed by atoms with Crippen molar-refractivity contribution in [1.82, 2.24) is 5.32 Å². The molecule has 0 aromatic heterocycles. The van der Waals surface area contributed by atoms with Crippen LogP contribution in [0.1, 0.15) is 36.0 Å². The smallest absolute Gasteiger partial charge is 0.173 e. The molecular weight excluding hydrogens is 382 g/mol. The normalized spacial score (nSPS) is 21.9. The molecule has 1 N–H and O–H groups in total. The lowest BCUT2D eigenvalue weighted by atomic mass is 9.57. The molecule has 0 bridgehead atoms. The van der Waals surface area contributed by atoms with Crippen molar-refractivity contribution in [3.63, 3.8) is 0 Å². The fourth-order valence-corrected chi connectivity index (χ4v) is 5.77. The van der Waals surface area contributed by atoms with Gasteiger partial charge in [0.15, 0.2) is 5.79 Å². The lowest BCUT2D eigenvalue weighted by Crippen LogP contribution is -2.58. The Balaban J connectivity index is 1.56. The van der Waals surface area contributed by atoms with Crippen molar-refractivity contribution < 1.29 is 9.47 Å².